The lowest BCUT2D eigenvalue weighted by atomic mass is 10.1. The first-order valence-electron chi connectivity index (χ1n) is 9.95. The minimum Gasteiger partial charge on any atom is -0.383 e. The Bertz CT molecular complexity index is 1250. The lowest BCUT2D eigenvalue weighted by molar-refractivity contribution is -0.137. The number of benzene rings is 2. The third-order valence-electron chi connectivity index (χ3n) is 4.89. The second kappa shape index (κ2) is 9.67. The predicted octanol–water partition coefficient (Wildman–Crippen LogP) is 4.82. The molecule has 2 N–H and O–H groups in total. The van der Waals surface area contributed by atoms with Crippen LogP contribution in [-0.2, 0) is 22.3 Å². The molecule has 2 aromatic carbocycles. The van der Waals surface area contributed by atoms with E-state index in [1.807, 2.05) is 35.0 Å². The molecule has 4 rings (SSSR count). The largest absolute Gasteiger partial charge is 0.416 e. The van der Waals surface area contributed by atoms with E-state index in [1.54, 1.807) is 7.11 Å². The summed E-state index contributed by atoms with van der Waals surface area (Å²) in [5, 5.41) is 12.7. The lowest BCUT2D eigenvalue weighted by Crippen LogP contribution is -2.15. The van der Waals surface area contributed by atoms with E-state index >= 15 is 0 Å². The van der Waals surface area contributed by atoms with Crippen molar-refractivity contribution in [2.45, 2.75) is 17.9 Å². The second-order valence-corrected chi connectivity index (χ2v) is 8.05. The van der Waals surface area contributed by atoms with Crippen molar-refractivity contribution in [2.24, 2.45) is 0 Å². The number of hydrogen-bond donors (Lipinski definition) is 2. The maximum atomic E-state index is 12.7. The summed E-state index contributed by atoms with van der Waals surface area (Å²) in [6.45, 7) is 0.917. The molecule has 2 aromatic heterocycles. The van der Waals surface area contributed by atoms with E-state index in [2.05, 4.69) is 20.5 Å². The number of H-pyrrole nitrogens is 1. The van der Waals surface area contributed by atoms with Crippen molar-refractivity contribution in [1.29, 1.82) is 0 Å². The van der Waals surface area contributed by atoms with Gasteiger partial charge in [0.05, 0.1) is 24.5 Å². The number of ether oxygens (including phenoxy) is 1. The van der Waals surface area contributed by atoms with Crippen molar-refractivity contribution < 1.29 is 22.7 Å². The number of nitrogens with one attached hydrogen (secondary N) is 2. The Morgan fingerprint density at radius 1 is 1.15 bits per heavy atom. The summed E-state index contributed by atoms with van der Waals surface area (Å²) >= 11 is 1.19. The number of hydrogen-bond acceptors (Lipinski definition) is 5. The first kappa shape index (κ1) is 22.9. The van der Waals surface area contributed by atoms with Gasteiger partial charge in [-0.3, -0.25) is 9.36 Å². The zero-order chi connectivity index (χ0) is 23.4. The third kappa shape index (κ3) is 5.20. The molecule has 0 atom stereocenters. The number of anilines is 1. The van der Waals surface area contributed by atoms with Crippen LogP contribution in [0.4, 0.5) is 18.9 Å². The summed E-state index contributed by atoms with van der Waals surface area (Å²) in [7, 11) is 1.60. The van der Waals surface area contributed by atoms with Gasteiger partial charge >= 0.3 is 6.18 Å². The molecule has 0 aliphatic rings. The topological polar surface area (TPSA) is 84.8 Å². The smallest absolute Gasteiger partial charge is 0.383 e. The fraction of sp³-hybridized carbons (Fsp3) is 0.227. The molecule has 11 heteroatoms. The molecule has 1 amide bonds. The van der Waals surface area contributed by atoms with Gasteiger partial charge in [-0.05, 0) is 30.3 Å². The maximum absolute atomic E-state index is 12.7. The number of thioether (sulfide) groups is 1. The zero-order valence-electron chi connectivity index (χ0n) is 17.5. The number of aromatic nitrogens is 4. The van der Waals surface area contributed by atoms with Crippen LogP contribution < -0.4 is 5.32 Å². The third-order valence-corrected chi connectivity index (χ3v) is 5.86. The highest BCUT2D eigenvalue weighted by Gasteiger charge is 2.30. The monoisotopic (exact) mass is 475 g/mol. The number of aromatic amines is 1. The standard InChI is InChI=1S/C22H20F3N5O2S/c1-32-11-10-30-20(17-12-26-18-5-3-2-4-16(17)18)28-29-21(30)33-13-19(31)27-15-8-6-14(7-9-15)22(23,24)25/h2-9,12,26H,10-11,13H2,1H3,(H,27,31). The average molecular weight is 475 g/mol. The van der Waals surface area contributed by atoms with Gasteiger partial charge < -0.3 is 15.0 Å². The Morgan fingerprint density at radius 2 is 1.91 bits per heavy atom. The molecule has 0 unspecified atom stereocenters. The molecule has 0 spiro atoms. The average Bonchev–Trinajstić information content (AvgIpc) is 3.39. The predicted molar refractivity (Wildman–Crippen MR) is 120 cm³/mol. The molecular formula is C22H20F3N5O2S. The van der Waals surface area contributed by atoms with Crippen LogP contribution in [0.2, 0.25) is 0 Å². The Labute approximate surface area is 191 Å². The Balaban J connectivity index is 1.48. The highest BCUT2D eigenvalue weighted by atomic mass is 32.2. The van der Waals surface area contributed by atoms with Crippen molar-refractivity contribution in [3.05, 3.63) is 60.3 Å². The van der Waals surface area contributed by atoms with Gasteiger partial charge in [-0.15, -0.1) is 10.2 Å². The van der Waals surface area contributed by atoms with Crippen LogP contribution in [0.1, 0.15) is 5.56 Å². The summed E-state index contributed by atoms with van der Waals surface area (Å²) in [6, 6.07) is 12.1. The second-order valence-electron chi connectivity index (χ2n) is 7.11. The number of rotatable bonds is 8. The van der Waals surface area contributed by atoms with Crippen LogP contribution in [0.3, 0.4) is 0 Å². The van der Waals surface area contributed by atoms with Crippen LogP contribution >= 0.6 is 11.8 Å². The van der Waals surface area contributed by atoms with Gasteiger partial charge in [0.25, 0.3) is 0 Å². The highest BCUT2D eigenvalue weighted by Crippen LogP contribution is 2.31. The maximum Gasteiger partial charge on any atom is 0.416 e. The van der Waals surface area contributed by atoms with Gasteiger partial charge in [-0.2, -0.15) is 13.2 Å². The Hall–Kier alpha value is -3.31. The molecule has 0 bridgehead atoms. The molecule has 4 aromatic rings. The first-order valence-corrected chi connectivity index (χ1v) is 10.9. The van der Waals surface area contributed by atoms with Crippen molar-refractivity contribution in [2.75, 3.05) is 24.8 Å². The van der Waals surface area contributed by atoms with Gasteiger partial charge in [0.2, 0.25) is 5.91 Å². The highest BCUT2D eigenvalue weighted by molar-refractivity contribution is 7.99. The lowest BCUT2D eigenvalue weighted by Gasteiger charge is -2.10. The molecule has 0 aliphatic heterocycles. The summed E-state index contributed by atoms with van der Waals surface area (Å²) < 4.78 is 45.2. The fourth-order valence-electron chi connectivity index (χ4n) is 3.31. The minimum atomic E-state index is -4.42. The first-order chi connectivity index (χ1) is 15.9. The van der Waals surface area contributed by atoms with E-state index < -0.39 is 11.7 Å². The van der Waals surface area contributed by atoms with Crippen molar-refractivity contribution in [1.82, 2.24) is 19.7 Å². The molecule has 0 radical (unpaired) electrons. The number of methoxy groups -OCH3 is 1. The quantitative estimate of drug-likeness (QED) is 0.357. The van der Waals surface area contributed by atoms with E-state index in [-0.39, 0.29) is 17.3 Å². The molecule has 0 saturated heterocycles. The van der Waals surface area contributed by atoms with Crippen LogP contribution in [0.25, 0.3) is 22.3 Å². The summed E-state index contributed by atoms with van der Waals surface area (Å²) in [6.07, 6.45) is -2.56. The zero-order valence-corrected chi connectivity index (χ0v) is 18.3. The number of amides is 1. The number of halogens is 3. The van der Waals surface area contributed by atoms with Crippen LogP contribution in [0.5, 0.6) is 0 Å². The molecule has 172 valence electrons. The van der Waals surface area contributed by atoms with Gasteiger partial charge in [0.1, 0.15) is 0 Å². The minimum absolute atomic E-state index is 0.0139. The number of fused-ring (bicyclic) bond motifs is 1. The number of carbonyl (C=O) groups excluding carboxylic acids is 1. The molecular weight excluding hydrogens is 455 g/mol. The normalized spacial score (nSPS) is 11.8. The van der Waals surface area contributed by atoms with Gasteiger partial charge in [0, 0.05) is 35.5 Å². The number of para-hydroxylation sites is 1. The van der Waals surface area contributed by atoms with Crippen LogP contribution in [0.15, 0.2) is 59.9 Å². The molecule has 7 nitrogen and oxygen atoms in total. The summed E-state index contributed by atoms with van der Waals surface area (Å²) in [4.78, 5) is 15.6. The summed E-state index contributed by atoms with van der Waals surface area (Å²) in [5.74, 6) is 0.296. The fourth-order valence-corrected chi connectivity index (χ4v) is 4.07. The van der Waals surface area contributed by atoms with E-state index in [0.717, 1.165) is 28.6 Å². The van der Waals surface area contributed by atoms with Crippen LogP contribution in [-0.4, -0.2) is 45.1 Å². The SMILES string of the molecule is COCCn1c(SCC(=O)Nc2ccc(C(F)(F)F)cc2)nnc1-c1c[nH]c2ccccc12. The van der Waals surface area contributed by atoms with E-state index in [1.165, 1.54) is 23.9 Å². The molecule has 2 heterocycles. The number of nitrogens with zero attached hydrogens (tertiary/aromatic N) is 3. The van der Waals surface area contributed by atoms with Crippen LogP contribution in [0, 0.1) is 0 Å². The summed E-state index contributed by atoms with van der Waals surface area (Å²) in [5.41, 5.74) is 1.37. The molecule has 33 heavy (non-hydrogen) atoms. The number of carbonyl (C=O) groups is 1. The van der Waals surface area contributed by atoms with Gasteiger partial charge in [-0.25, -0.2) is 0 Å². The van der Waals surface area contributed by atoms with E-state index in [9.17, 15) is 18.0 Å². The van der Waals surface area contributed by atoms with Crippen molar-refractivity contribution in [3.63, 3.8) is 0 Å². The molecule has 0 saturated carbocycles. The molecule has 0 fully saturated rings. The van der Waals surface area contributed by atoms with E-state index in [0.29, 0.717) is 24.1 Å². The Kier molecular flexibility index (Phi) is 6.70. The molecule has 0 aliphatic carbocycles. The van der Waals surface area contributed by atoms with Crippen molar-refractivity contribution in [3.8, 4) is 11.4 Å². The van der Waals surface area contributed by atoms with E-state index in [4.69, 9.17) is 4.74 Å². The number of alkyl halides is 3. The van der Waals surface area contributed by atoms with Gasteiger partial charge in [-0.1, -0.05) is 30.0 Å². The van der Waals surface area contributed by atoms with Gasteiger partial charge in [0.15, 0.2) is 11.0 Å². The Morgan fingerprint density at radius 3 is 2.64 bits per heavy atom. The van der Waals surface area contributed by atoms with Crippen molar-refractivity contribution >= 4 is 34.3 Å².